The average Bonchev–Trinajstić information content (AvgIpc) is 2.99. The molecule has 0 aromatic heterocycles. The van der Waals surface area contributed by atoms with E-state index in [1.54, 1.807) is 12.1 Å². The van der Waals surface area contributed by atoms with Crippen molar-refractivity contribution in [3.63, 3.8) is 0 Å². The van der Waals surface area contributed by atoms with Gasteiger partial charge in [0, 0.05) is 11.3 Å². The number of nitrogens with zero attached hydrogens (tertiary/aromatic N) is 1. The van der Waals surface area contributed by atoms with Gasteiger partial charge in [-0.2, -0.15) is 0 Å². The number of Topliss-reactive ketones (excluding diaryl/α,β-unsaturated/α-hetero) is 1. The Morgan fingerprint density at radius 3 is 2.20 bits per heavy atom. The second-order valence-electron chi connectivity index (χ2n) is 7.74. The van der Waals surface area contributed by atoms with Crippen LogP contribution >= 0.6 is 0 Å². The molecule has 1 aliphatic rings. The smallest absolute Gasteiger partial charge is 0.300 e. The van der Waals surface area contributed by atoms with Crippen LogP contribution in [0.4, 0.5) is 5.69 Å². The molecule has 0 bridgehead atoms. The number of hydrogen-bond acceptors (Lipinski definition) is 3. The van der Waals surface area contributed by atoms with Gasteiger partial charge in [0.2, 0.25) is 0 Å². The number of aliphatic hydroxyl groups is 1. The van der Waals surface area contributed by atoms with Gasteiger partial charge in [0.1, 0.15) is 5.76 Å². The molecule has 4 heteroatoms. The first-order valence-corrected chi connectivity index (χ1v) is 9.88. The van der Waals surface area contributed by atoms with Crippen molar-refractivity contribution < 1.29 is 14.7 Å². The summed E-state index contributed by atoms with van der Waals surface area (Å²) in [5.74, 6) is -1.47. The molecule has 1 N–H and O–H groups in total. The number of para-hydroxylation sites is 1. The molecule has 30 heavy (non-hydrogen) atoms. The van der Waals surface area contributed by atoms with Crippen molar-refractivity contribution in [2.45, 2.75) is 26.8 Å². The van der Waals surface area contributed by atoms with Gasteiger partial charge in [-0.3, -0.25) is 14.5 Å². The number of ketones is 1. The summed E-state index contributed by atoms with van der Waals surface area (Å²) in [6.45, 7) is 5.82. The van der Waals surface area contributed by atoms with E-state index >= 15 is 0 Å². The molecule has 0 saturated carbocycles. The Morgan fingerprint density at radius 2 is 1.53 bits per heavy atom. The van der Waals surface area contributed by atoms with Crippen molar-refractivity contribution in [1.82, 2.24) is 0 Å². The number of hydrogen-bond donors (Lipinski definition) is 1. The maximum absolute atomic E-state index is 13.2. The zero-order chi connectivity index (χ0) is 21.4. The highest BCUT2D eigenvalue weighted by Crippen LogP contribution is 2.43. The standard InChI is InChI=1S/C26H23NO3/c1-16-11-13-19(14-12-16)24(28)22-23(20-9-6-7-17(2)15-20)27(26(30)25(22)29)21-10-5-4-8-18(21)3/h4-15,23,28H,1-3H3/b24-22-. The number of rotatable bonds is 3. The fourth-order valence-corrected chi connectivity index (χ4v) is 3.94. The summed E-state index contributed by atoms with van der Waals surface area (Å²) in [7, 11) is 0. The Labute approximate surface area is 176 Å². The minimum absolute atomic E-state index is 0.109. The number of aliphatic hydroxyl groups excluding tert-OH is 1. The summed E-state index contributed by atoms with van der Waals surface area (Å²) in [6.07, 6.45) is 0. The van der Waals surface area contributed by atoms with Crippen molar-refractivity contribution >= 4 is 23.1 Å². The number of amides is 1. The number of carbonyl (C=O) groups is 2. The van der Waals surface area contributed by atoms with E-state index in [4.69, 9.17) is 0 Å². The minimum atomic E-state index is -0.702. The van der Waals surface area contributed by atoms with Gasteiger partial charge >= 0.3 is 0 Å². The Morgan fingerprint density at radius 1 is 0.833 bits per heavy atom. The molecule has 1 fully saturated rings. The predicted molar refractivity (Wildman–Crippen MR) is 118 cm³/mol. The molecule has 4 nitrogen and oxygen atoms in total. The molecule has 1 unspecified atom stereocenters. The first kappa shape index (κ1) is 19.6. The number of aryl methyl sites for hydroxylation is 3. The van der Waals surface area contributed by atoms with Crippen LogP contribution in [0.2, 0.25) is 0 Å². The van der Waals surface area contributed by atoms with Crippen LogP contribution in [0.3, 0.4) is 0 Å². The van der Waals surface area contributed by atoms with Crippen molar-refractivity contribution in [3.05, 3.63) is 106 Å². The van der Waals surface area contributed by atoms with Gasteiger partial charge in [0.25, 0.3) is 11.7 Å². The van der Waals surface area contributed by atoms with Crippen LogP contribution in [0, 0.1) is 20.8 Å². The van der Waals surface area contributed by atoms with Gasteiger partial charge in [0.15, 0.2) is 0 Å². The summed E-state index contributed by atoms with van der Waals surface area (Å²) in [5.41, 5.74) is 5.01. The lowest BCUT2D eigenvalue weighted by atomic mass is 9.94. The summed E-state index contributed by atoms with van der Waals surface area (Å²) < 4.78 is 0. The lowest BCUT2D eigenvalue weighted by Gasteiger charge is -2.27. The third-order valence-electron chi connectivity index (χ3n) is 5.50. The third-order valence-corrected chi connectivity index (χ3v) is 5.50. The molecule has 1 saturated heterocycles. The van der Waals surface area contributed by atoms with E-state index in [1.807, 2.05) is 81.4 Å². The molecule has 1 aliphatic heterocycles. The van der Waals surface area contributed by atoms with E-state index in [2.05, 4.69) is 0 Å². The summed E-state index contributed by atoms with van der Waals surface area (Å²) in [6, 6.07) is 21.7. The molecule has 150 valence electrons. The first-order valence-electron chi connectivity index (χ1n) is 9.88. The fraction of sp³-hybridized carbons (Fsp3) is 0.154. The van der Waals surface area contributed by atoms with E-state index < -0.39 is 17.7 Å². The van der Waals surface area contributed by atoms with Gasteiger partial charge in [-0.05, 0) is 38.0 Å². The molecule has 3 aromatic rings. The quantitative estimate of drug-likeness (QED) is 0.374. The molecule has 4 rings (SSSR count). The van der Waals surface area contributed by atoms with Crippen LogP contribution in [0.1, 0.15) is 33.9 Å². The molecule has 0 aliphatic carbocycles. The number of benzene rings is 3. The maximum atomic E-state index is 13.2. The number of anilines is 1. The first-order chi connectivity index (χ1) is 14.4. The molecular weight excluding hydrogens is 374 g/mol. The molecule has 1 heterocycles. The van der Waals surface area contributed by atoms with Crippen LogP contribution in [-0.4, -0.2) is 16.8 Å². The zero-order valence-corrected chi connectivity index (χ0v) is 17.2. The SMILES string of the molecule is Cc1ccc(/C(O)=C2/C(=O)C(=O)N(c3ccccc3C)C2c2cccc(C)c2)cc1. The maximum Gasteiger partial charge on any atom is 0.300 e. The predicted octanol–water partition coefficient (Wildman–Crippen LogP) is 5.24. The molecular formula is C26H23NO3. The fourth-order valence-electron chi connectivity index (χ4n) is 3.94. The summed E-state index contributed by atoms with van der Waals surface area (Å²) in [5, 5.41) is 11.1. The highest BCUT2D eigenvalue weighted by atomic mass is 16.3. The average molecular weight is 397 g/mol. The lowest BCUT2D eigenvalue weighted by molar-refractivity contribution is -0.132. The highest BCUT2D eigenvalue weighted by molar-refractivity contribution is 6.51. The van der Waals surface area contributed by atoms with Gasteiger partial charge < -0.3 is 5.11 Å². The van der Waals surface area contributed by atoms with E-state index in [-0.39, 0.29) is 11.3 Å². The Hall–Kier alpha value is -3.66. The Kier molecular flexibility index (Phi) is 5.00. The van der Waals surface area contributed by atoms with Crippen LogP contribution < -0.4 is 4.90 Å². The second-order valence-corrected chi connectivity index (χ2v) is 7.74. The third kappa shape index (κ3) is 3.30. The van der Waals surface area contributed by atoms with Crippen molar-refractivity contribution in [2.75, 3.05) is 4.90 Å². The van der Waals surface area contributed by atoms with Crippen molar-refractivity contribution in [1.29, 1.82) is 0 Å². The van der Waals surface area contributed by atoms with Gasteiger partial charge in [-0.15, -0.1) is 0 Å². The van der Waals surface area contributed by atoms with E-state index in [0.29, 0.717) is 11.3 Å². The van der Waals surface area contributed by atoms with Crippen LogP contribution in [0.25, 0.3) is 5.76 Å². The molecule has 0 spiro atoms. The van der Waals surface area contributed by atoms with Crippen LogP contribution in [-0.2, 0) is 9.59 Å². The summed E-state index contributed by atoms with van der Waals surface area (Å²) in [4.78, 5) is 27.8. The topological polar surface area (TPSA) is 57.6 Å². The Bertz CT molecular complexity index is 1170. The second kappa shape index (κ2) is 7.64. The van der Waals surface area contributed by atoms with E-state index in [1.165, 1.54) is 4.90 Å². The van der Waals surface area contributed by atoms with Crippen molar-refractivity contribution in [3.8, 4) is 0 Å². The molecule has 1 amide bonds. The zero-order valence-electron chi connectivity index (χ0n) is 17.2. The van der Waals surface area contributed by atoms with Crippen LogP contribution in [0.5, 0.6) is 0 Å². The minimum Gasteiger partial charge on any atom is -0.507 e. The largest absolute Gasteiger partial charge is 0.507 e. The van der Waals surface area contributed by atoms with Gasteiger partial charge in [-0.25, -0.2) is 0 Å². The van der Waals surface area contributed by atoms with Crippen molar-refractivity contribution in [2.24, 2.45) is 0 Å². The van der Waals surface area contributed by atoms with E-state index in [9.17, 15) is 14.7 Å². The van der Waals surface area contributed by atoms with E-state index in [0.717, 1.165) is 22.3 Å². The van der Waals surface area contributed by atoms with Gasteiger partial charge in [0.05, 0.1) is 11.6 Å². The molecule has 0 radical (unpaired) electrons. The van der Waals surface area contributed by atoms with Gasteiger partial charge in [-0.1, -0.05) is 77.9 Å². The molecule has 3 aromatic carbocycles. The summed E-state index contributed by atoms with van der Waals surface area (Å²) >= 11 is 0. The lowest BCUT2D eigenvalue weighted by Crippen LogP contribution is -2.30. The highest BCUT2D eigenvalue weighted by Gasteiger charge is 2.47. The molecule has 1 atom stereocenters. The number of carbonyl (C=O) groups excluding carboxylic acids is 2. The normalized spacial score (nSPS) is 18.1. The van der Waals surface area contributed by atoms with Crippen LogP contribution in [0.15, 0.2) is 78.4 Å². The monoisotopic (exact) mass is 397 g/mol. The Balaban J connectivity index is 1.98.